The summed E-state index contributed by atoms with van der Waals surface area (Å²) in [5, 5.41) is 3.36. The molecular formula is C17H23ClFN3O2. The van der Waals surface area contributed by atoms with Crippen LogP contribution in [0.2, 0.25) is 5.02 Å². The van der Waals surface area contributed by atoms with Crippen LogP contribution in [0.15, 0.2) is 18.2 Å². The fraction of sp³-hybridized carbons (Fsp3) is 0.588. The van der Waals surface area contributed by atoms with Gasteiger partial charge in [-0.2, -0.15) is 0 Å². The van der Waals surface area contributed by atoms with E-state index in [2.05, 4.69) is 10.2 Å². The molecular weight excluding hydrogens is 333 g/mol. The third kappa shape index (κ3) is 4.45. The standard InChI is InChI=1S/C17H23ClFN3O2/c18-14-11-13(1-2-15(14)19)16-12-21(9-10-24-16)6-3-17(23)22-7-4-20-5-8-22/h1-2,11,16,20H,3-10,12H2. The zero-order valence-corrected chi connectivity index (χ0v) is 14.4. The molecule has 1 aromatic carbocycles. The lowest BCUT2D eigenvalue weighted by Gasteiger charge is -2.34. The summed E-state index contributed by atoms with van der Waals surface area (Å²) in [6, 6.07) is 4.70. The molecule has 1 atom stereocenters. The number of carbonyl (C=O) groups excluding carboxylic acids is 1. The van der Waals surface area contributed by atoms with Crippen molar-refractivity contribution < 1.29 is 13.9 Å². The van der Waals surface area contributed by atoms with Gasteiger partial charge in [0.25, 0.3) is 0 Å². The third-order valence-electron chi connectivity index (χ3n) is 4.58. The van der Waals surface area contributed by atoms with Gasteiger partial charge in [0, 0.05) is 52.2 Å². The molecule has 0 radical (unpaired) electrons. The molecule has 2 saturated heterocycles. The van der Waals surface area contributed by atoms with E-state index < -0.39 is 5.82 Å². The number of nitrogens with one attached hydrogen (secondary N) is 1. The van der Waals surface area contributed by atoms with E-state index in [1.165, 1.54) is 6.07 Å². The van der Waals surface area contributed by atoms with Crippen LogP contribution >= 0.6 is 11.6 Å². The van der Waals surface area contributed by atoms with Gasteiger partial charge in [-0.1, -0.05) is 17.7 Å². The molecule has 3 rings (SSSR count). The number of carbonyl (C=O) groups is 1. The Morgan fingerprint density at radius 3 is 2.88 bits per heavy atom. The largest absolute Gasteiger partial charge is 0.371 e. The van der Waals surface area contributed by atoms with Crippen LogP contribution < -0.4 is 5.32 Å². The monoisotopic (exact) mass is 355 g/mol. The number of piperazine rings is 1. The van der Waals surface area contributed by atoms with Gasteiger partial charge in [0.05, 0.1) is 17.7 Å². The Labute approximate surface area is 146 Å². The number of amides is 1. The summed E-state index contributed by atoms with van der Waals surface area (Å²) in [5.41, 5.74) is 0.875. The normalized spacial score (nSPS) is 22.6. The molecule has 0 saturated carbocycles. The number of halogens is 2. The van der Waals surface area contributed by atoms with Crippen LogP contribution in [0.3, 0.4) is 0 Å². The molecule has 24 heavy (non-hydrogen) atoms. The zero-order chi connectivity index (χ0) is 16.9. The Balaban J connectivity index is 1.51. The first kappa shape index (κ1) is 17.6. The van der Waals surface area contributed by atoms with Crippen molar-refractivity contribution in [3.05, 3.63) is 34.6 Å². The average molecular weight is 356 g/mol. The van der Waals surface area contributed by atoms with E-state index in [0.717, 1.165) is 44.8 Å². The third-order valence-corrected chi connectivity index (χ3v) is 4.87. The highest BCUT2D eigenvalue weighted by Crippen LogP contribution is 2.26. The molecule has 2 aliphatic heterocycles. The van der Waals surface area contributed by atoms with Crippen LogP contribution in [0.4, 0.5) is 4.39 Å². The highest BCUT2D eigenvalue weighted by atomic mass is 35.5. The molecule has 0 spiro atoms. The van der Waals surface area contributed by atoms with Gasteiger partial charge in [-0.15, -0.1) is 0 Å². The van der Waals surface area contributed by atoms with Crippen molar-refractivity contribution >= 4 is 17.5 Å². The van der Waals surface area contributed by atoms with Gasteiger partial charge in [-0.3, -0.25) is 9.69 Å². The number of hydrogen-bond acceptors (Lipinski definition) is 4. The highest BCUT2D eigenvalue weighted by molar-refractivity contribution is 6.30. The fourth-order valence-corrected chi connectivity index (χ4v) is 3.34. The maximum Gasteiger partial charge on any atom is 0.223 e. The fourth-order valence-electron chi connectivity index (χ4n) is 3.15. The number of hydrogen-bond donors (Lipinski definition) is 1. The second-order valence-electron chi connectivity index (χ2n) is 6.21. The van der Waals surface area contributed by atoms with Crippen molar-refractivity contribution in [2.45, 2.75) is 12.5 Å². The van der Waals surface area contributed by atoms with Crippen LogP contribution in [-0.2, 0) is 9.53 Å². The van der Waals surface area contributed by atoms with E-state index in [0.29, 0.717) is 19.6 Å². The van der Waals surface area contributed by atoms with E-state index in [-0.39, 0.29) is 17.0 Å². The molecule has 0 bridgehead atoms. The second kappa shape index (κ2) is 8.25. The minimum absolute atomic E-state index is 0.113. The summed E-state index contributed by atoms with van der Waals surface area (Å²) >= 11 is 5.86. The predicted octanol–water partition coefficient (Wildman–Crippen LogP) is 1.67. The maximum absolute atomic E-state index is 13.3. The van der Waals surface area contributed by atoms with Gasteiger partial charge >= 0.3 is 0 Å². The molecule has 132 valence electrons. The first-order valence-corrected chi connectivity index (χ1v) is 8.78. The van der Waals surface area contributed by atoms with Crippen molar-refractivity contribution in [2.75, 3.05) is 52.4 Å². The van der Waals surface area contributed by atoms with Crippen molar-refractivity contribution in [3.63, 3.8) is 0 Å². The lowest BCUT2D eigenvalue weighted by Crippen LogP contribution is -2.47. The molecule has 2 fully saturated rings. The number of ether oxygens (including phenoxy) is 1. The highest BCUT2D eigenvalue weighted by Gasteiger charge is 2.24. The average Bonchev–Trinajstić information content (AvgIpc) is 2.63. The Morgan fingerprint density at radius 2 is 2.12 bits per heavy atom. The van der Waals surface area contributed by atoms with Crippen LogP contribution in [0, 0.1) is 5.82 Å². The Hall–Kier alpha value is -1.21. The number of benzene rings is 1. The van der Waals surface area contributed by atoms with Crippen molar-refractivity contribution in [1.29, 1.82) is 0 Å². The molecule has 1 N–H and O–H groups in total. The molecule has 0 aromatic heterocycles. The summed E-state index contributed by atoms with van der Waals surface area (Å²) in [5.74, 6) is -0.209. The first-order chi connectivity index (χ1) is 11.6. The van der Waals surface area contributed by atoms with Gasteiger partial charge in [-0.25, -0.2) is 4.39 Å². The molecule has 0 aliphatic carbocycles. The van der Waals surface area contributed by atoms with Crippen molar-refractivity contribution in [1.82, 2.24) is 15.1 Å². The van der Waals surface area contributed by atoms with E-state index in [9.17, 15) is 9.18 Å². The van der Waals surface area contributed by atoms with E-state index >= 15 is 0 Å². The molecule has 1 amide bonds. The number of morpholine rings is 1. The second-order valence-corrected chi connectivity index (χ2v) is 6.62. The van der Waals surface area contributed by atoms with Crippen LogP contribution in [0.25, 0.3) is 0 Å². The molecule has 1 aromatic rings. The van der Waals surface area contributed by atoms with Gasteiger partial charge in [-0.05, 0) is 17.7 Å². The Morgan fingerprint density at radius 1 is 1.33 bits per heavy atom. The molecule has 2 heterocycles. The van der Waals surface area contributed by atoms with Crippen LogP contribution in [0.5, 0.6) is 0 Å². The van der Waals surface area contributed by atoms with Gasteiger partial charge < -0.3 is 15.0 Å². The summed E-state index contributed by atoms with van der Waals surface area (Å²) in [7, 11) is 0. The summed E-state index contributed by atoms with van der Waals surface area (Å²) in [6.07, 6.45) is 0.391. The van der Waals surface area contributed by atoms with Gasteiger partial charge in [0.15, 0.2) is 0 Å². The molecule has 7 heteroatoms. The van der Waals surface area contributed by atoms with Crippen LogP contribution in [0.1, 0.15) is 18.1 Å². The maximum atomic E-state index is 13.3. The predicted molar refractivity (Wildman–Crippen MR) is 90.6 cm³/mol. The SMILES string of the molecule is O=C(CCN1CCOC(c2ccc(F)c(Cl)c2)C1)N1CCNCC1. The van der Waals surface area contributed by atoms with Crippen molar-refractivity contribution in [3.8, 4) is 0 Å². The van der Waals surface area contributed by atoms with Crippen molar-refractivity contribution in [2.24, 2.45) is 0 Å². The minimum atomic E-state index is -0.422. The molecule has 2 aliphatic rings. The summed E-state index contributed by atoms with van der Waals surface area (Å²) in [4.78, 5) is 16.4. The Kier molecular flexibility index (Phi) is 6.05. The Bertz CT molecular complexity index is 581. The first-order valence-electron chi connectivity index (χ1n) is 8.41. The van der Waals surface area contributed by atoms with E-state index in [1.807, 2.05) is 4.90 Å². The minimum Gasteiger partial charge on any atom is -0.371 e. The lowest BCUT2D eigenvalue weighted by atomic mass is 10.1. The van der Waals surface area contributed by atoms with Gasteiger partial charge in [0.1, 0.15) is 5.82 Å². The van der Waals surface area contributed by atoms with Crippen LogP contribution in [-0.4, -0.2) is 68.1 Å². The smallest absolute Gasteiger partial charge is 0.223 e. The zero-order valence-electron chi connectivity index (χ0n) is 13.6. The van der Waals surface area contributed by atoms with Gasteiger partial charge in [0.2, 0.25) is 5.91 Å². The molecule has 5 nitrogen and oxygen atoms in total. The van der Waals surface area contributed by atoms with E-state index in [1.54, 1.807) is 12.1 Å². The number of rotatable bonds is 4. The topological polar surface area (TPSA) is 44.8 Å². The summed E-state index contributed by atoms with van der Waals surface area (Å²) in [6.45, 7) is 6.14. The molecule has 1 unspecified atom stereocenters. The quantitative estimate of drug-likeness (QED) is 0.892. The van der Waals surface area contributed by atoms with E-state index in [4.69, 9.17) is 16.3 Å². The summed E-state index contributed by atoms with van der Waals surface area (Å²) < 4.78 is 19.1. The lowest BCUT2D eigenvalue weighted by molar-refractivity contribution is -0.132. The number of nitrogens with zero attached hydrogens (tertiary/aromatic N) is 2.